The lowest BCUT2D eigenvalue weighted by Gasteiger charge is -2.16. The number of hydrogen-bond donors (Lipinski definition) is 1. The van der Waals surface area contributed by atoms with Crippen LogP contribution < -0.4 is 0 Å². The Kier molecular flexibility index (Phi) is 4.71. The molecule has 0 bridgehead atoms. The van der Waals surface area contributed by atoms with Gasteiger partial charge in [0.1, 0.15) is 0 Å². The zero-order chi connectivity index (χ0) is 8.85. The van der Waals surface area contributed by atoms with Gasteiger partial charge in [0.2, 0.25) is 5.91 Å². The Morgan fingerprint density at radius 3 is 2.73 bits per heavy atom. The molecular weight excluding hydrogens is 160 g/mol. The zero-order valence-corrected chi connectivity index (χ0v) is 7.64. The highest BCUT2D eigenvalue weighted by molar-refractivity contribution is 7.81. The number of carbonyl (C=O) groups is 1. The van der Waals surface area contributed by atoms with Crippen molar-refractivity contribution < 1.29 is 4.79 Å². The van der Waals surface area contributed by atoms with E-state index >= 15 is 0 Å². The molecule has 1 amide bonds. The molecule has 0 aliphatic carbocycles. The molecule has 0 heterocycles. The fraction of sp³-hybridized carbons (Fsp3) is 0.714. The zero-order valence-electron chi connectivity index (χ0n) is 6.74. The minimum absolute atomic E-state index is 0.0459. The first-order valence-electron chi connectivity index (χ1n) is 3.36. The van der Waals surface area contributed by atoms with E-state index < -0.39 is 0 Å². The molecule has 0 aromatic heterocycles. The highest BCUT2D eigenvalue weighted by Crippen LogP contribution is 1.96. The van der Waals surface area contributed by atoms with Crippen molar-refractivity contribution in [2.45, 2.75) is 6.92 Å². The lowest BCUT2D eigenvalue weighted by atomic mass is 10.2. The highest BCUT2D eigenvalue weighted by Gasteiger charge is 2.09. The summed E-state index contributed by atoms with van der Waals surface area (Å²) in [6.07, 6.45) is 0. The molecule has 0 N–H and O–H groups in total. The highest BCUT2D eigenvalue weighted by atomic mass is 32.1. The van der Waals surface area contributed by atoms with E-state index in [9.17, 15) is 4.79 Å². The summed E-state index contributed by atoms with van der Waals surface area (Å²) < 4.78 is 0. The fourth-order valence-electron chi connectivity index (χ4n) is 0.674. The Morgan fingerprint density at radius 2 is 2.36 bits per heavy atom. The van der Waals surface area contributed by atoms with Gasteiger partial charge in [-0.1, -0.05) is 0 Å². The lowest BCUT2D eigenvalue weighted by molar-refractivity contribution is -0.127. The predicted octanol–water partition coefficient (Wildman–Crippen LogP) is 0.534. The van der Waals surface area contributed by atoms with Crippen LogP contribution in [0.4, 0.5) is 0 Å². The molecule has 0 rings (SSSR count). The van der Waals surface area contributed by atoms with Crippen LogP contribution in [0.15, 0.2) is 0 Å². The average Bonchev–Trinajstić information content (AvgIpc) is 2.02. The molecule has 1 unspecified atom stereocenters. The van der Waals surface area contributed by atoms with Crippen LogP contribution in [0.3, 0.4) is 0 Å². The van der Waals surface area contributed by atoms with E-state index in [1.54, 1.807) is 14.0 Å². The van der Waals surface area contributed by atoms with Crippen LogP contribution in [-0.2, 0) is 4.79 Å². The second kappa shape index (κ2) is 5.03. The third-order valence-electron chi connectivity index (χ3n) is 1.33. The Balaban J connectivity index is 3.79. The number of amides is 1. The van der Waals surface area contributed by atoms with Gasteiger partial charge in [-0.2, -0.15) is 17.9 Å². The summed E-state index contributed by atoms with van der Waals surface area (Å²) in [4.78, 5) is 12.4. The van der Waals surface area contributed by atoms with Gasteiger partial charge in [0.25, 0.3) is 0 Å². The van der Waals surface area contributed by atoms with Gasteiger partial charge < -0.3 is 4.90 Å². The summed E-state index contributed by atoms with van der Waals surface area (Å²) in [5, 5.41) is 8.43. The maximum absolute atomic E-state index is 10.9. The van der Waals surface area contributed by atoms with E-state index in [1.807, 2.05) is 0 Å². The van der Waals surface area contributed by atoms with E-state index in [4.69, 9.17) is 5.26 Å². The quantitative estimate of drug-likeness (QED) is 0.631. The molecule has 0 spiro atoms. The summed E-state index contributed by atoms with van der Waals surface area (Å²) in [7, 11) is 1.67. The van der Waals surface area contributed by atoms with Crippen molar-refractivity contribution in [3.05, 3.63) is 0 Å². The Bertz CT molecular complexity index is 176. The van der Waals surface area contributed by atoms with Crippen LogP contribution in [0, 0.1) is 17.2 Å². The maximum Gasteiger partial charge on any atom is 0.232 e. The van der Waals surface area contributed by atoms with E-state index in [2.05, 4.69) is 18.7 Å². The van der Waals surface area contributed by atoms with E-state index in [0.717, 1.165) is 0 Å². The average molecular weight is 172 g/mol. The van der Waals surface area contributed by atoms with Crippen molar-refractivity contribution in [3.8, 4) is 6.07 Å². The van der Waals surface area contributed by atoms with Crippen molar-refractivity contribution in [1.82, 2.24) is 4.90 Å². The van der Waals surface area contributed by atoms with Crippen LogP contribution in [0.25, 0.3) is 0 Å². The fourth-order valence-corrected chi connectivity index (χ4v) is 0.916. The molecule has 0 fully saturated rings. The van der Waals surface area contributed by atoms with Crippen molar-refractivity contribution >= 4 is 18.5 Å². The largest absolute Gasteiger partial charge is 0.344 e. The second-order valence-corrected chi connectivity index (χ2v) is 2.78. The molecule has 0 aliphatic rings. The molecule has 4 heteroatoms. The third kappa shape index (κ3) is 3.89. The molecule has 11 heavy (non-hydrogen) atoms. The van der Waals surface area contributed by atoms with Gasteiger partial charge in [-0.25, -0.2) is 0 Å². The van der Waals surface area contributed by atoms with Gasteiger partial charge >= 0.3 is 0 Å². The van der Waals surface area contributed by atoms with Crippen LogP contribution in [0.2, 0.25) is 0 Å². The van der Waals surface area contributed by atoms with Crippen LogP contribution in [0.1, 0.15) is 6.92 Å². The first-order valence-corrected chi connectivity index (χ1v) is 3.99. The molecule has 3 nitrogen and oxygen atoms in total. The Morgan fingerprint density at radius 1 is 1.82 bits per heavy atom. The minimum Gasteiger partial charge on any atom is -0.344 e. The van der Waals surface area contributed by atoms with Crippen LogP contribution in [-0.4, -0.2) is 30.2 Å². The van der Waals surface area contributed by atoms with Gasteiger partial charge in [0.15, 0.2) is 0 Å². The lowest BCUT2D eigenvalue weighted by Crippen LogP contribution is -2.31. The number of carbonyl (C=O) groups excluding carboxylic acids is 1. The normalized spacial score (nSPS) is 11.8. The molecule has 62 valence electrons. The number of hydrogen-bond acceptors (Lipinski definition) is 3. The van der Waals surface area contributed by atoms with Gasteiger partial charge in [-0.3, -0.25) is 4.79 Å². The van der Waals surface area contributed by atoms with Gasteiger partial charge in [0, 0.05) is 13.6 Å². The van der Waals surface area contributed by atoms with Gasteiger partial charge in [-0.05, 0) is 6.92 Å². The standard InChI is InChI=1S/C7H12N2OS/c1-6(3-8)4-9(2)7(10)5-11/h6,11H,4-5H2,1-2H3. The molecule has 0 aromatic rings. The first-order chi connectivity index (χ1) is 5.11. The SMILES string of the molecule is CC(C#N)CN(C)C(=O)CS. The summed E-state index contributed by atoms with van der Waals surface area (Å²) >= 11 is 3.83. The third-order valence-corrected chi connectivity index (χ3v) is 1.60. The van der Waals surface area contributed by atoms with Gasteiger partial charge in [-0.15, -0.1) is 0 Å². The van der Waals surface area contributed by atoms with Crippen molar-refractivity contribution in [2.24, 2.45) is 5.92 Å². The molecule has 0 saturated heterocycles. The van der Waals surface area contributed by atoms with Crippen molar-refractivity contribution in [3.63, 3.8) is 0 Å². The molecule has 0 aromatic carbocycles. The number of nitriles is 1. The van der Waals surface area contributed by atoms with Crippen molar-refractivity contribution in [1.29, 1.82) is 5.26 Å². The van der Waals surface area contributed by atoms with E-state index in [1.165, 1.54) is 4.90 Å². The monoisotopic (exact) mass is 172 g/mol. The number of rotatable bonds is 3. The van der Waals surface area contributed by atoms with Crippen LogP contribution >= 0.6 is 12.6 Å². The molecule has 0 radical (unpaired) electrons. The maximum atomic E-state index is 10.9. The second-order valence-electron chi connectivity index (χ2n) is 2.46. The Hall–Kier alpha value is -0.690. The summed E-state index contributed by atoms with van der Waals surface area (Å²) in [5.41, 5.74) is 0. The minimum atomic E-state index is -0.108. The Labute approximate surface area is 72.4 Å². The summed E-state index contributed by atoms with van der Waals surface area (Å²) in [6.45, 7) is 2.26. The smallest absolute Gasteiger partial charge is 0.232 e. The first kappa shape index (κ1) is 10.3. The number of nitrogens with zero attached hydrogens (tertiary/aromatic N) is 2. The number of thiol groups is 1. The van der Waals surface area contributed by atoms with E-state index in [-0.39, 0.29) is 17.6 Å². The molecule has 0 aliphatic heterocycles. The molecule has 0 saturated carbocycles. The van der Waals surface area contributed by atoms with E-state index in [0.29, 0.717) is 6.54 Å². The molecular formula is C7H12N2OS. The van der Waals surface area contributed by atoms with Crippen LogP contribution in [0.5, 0.6) is 0 Å². The van der Waals surface area contributed by atoms with Gasteiger partial charge in [0.05, 0.1) is 17.7 Å². The molecule has 1 atom stereocenters. The predicted molar refractivity (Wildman–Crippen MR) is 46.3 cm³/mol. The van der Waals surface area contributed by atoms with Crippen molar-refractivity contribution in [2.75, 3.05) is 19.3 Å². The topological polar surface area (TPSA) is 44.1 Å². The summed E-state index contributed by atoms with van der Waals surface area (Å²) in [5.74, 6) is 0.0496. The summed E-state index contributed by atoms with van der Waals surface area (Å²) in [6, 6.07) is 2.06.